The van der Waals surface area contributed by atoms with E-state index < -0.39 is 0 Å². The molecule has 196 valence electrons. The number of benzene rings is 5. The molecule has 0 fully saturated rings. The van der Waals surface area contributed by atoms with E-state index in [2.05, 4.69) is 72.1 Å². The summed E-state index contributed by atoms with van der Waals surface area (Å²) in [6, 6.07) is 35.7. The summed E-state index contributed by atoms with van der Waals surface area (Å²) < 4.78 is 0. The molecule has 5 heteroatoms. The minimum Gasteiger partial charge on any atom is -0.371 e. The number of hydrogen-bond donors (Lipinski definition) is 1. The van der Waals surface area contributed by atoms with Crippen LogP contribution in [0.3, 0.4) is 0 Å². The number of rotatable bonds is 4. The van der Waals surface area contributed by atoms with Crippen molar-refractivity contribution in [3.8, 4) is 34.2 Å². The molecule has 1 aliphatic heterocycles. The SMILES string of the molecule is C1=CCC(C2Nc3c(ccc4cc(-c5nc(-c6ccccc6)nc(-c6ccccc6)n5)c5ccccc5c34)S2)C=C1. The number of thioether (sulfide) groups is 1. The zero-order valence-corrected chi connectivity index (χ0v) is 23.1. The van der Waals surface area contributed by atoms with E-state index in [9.17, 15) is 0 Å². The molecule has 1 N–H and O–H groups in total. The van der Waals surface area contributed by atoms with Crippen molar-refractivity contribution in [3.05, 3.63) is 127 Å². The van der Waals surface area contributed by atoms with Crippen molar-refractivity contribution in [2.24, 2.45) is 5.92 Å². The van der Waals surface area contributed by atoms with E-state index in [4.69, 9.17) is 15.0 Å². The Kier molecular flexibility index (Phi) is 5.89. The Bertz CT molecular complexity index is 1930. The van der Waals surface area contributed by atoms with Gasteiger partial charge in [0.05, 0.1) is 11.1 Å². The lowest BCUT2D eigenvalue weighted by Crippen LogP contribution is -2.21. The number of aromatic nitrogens is 3. The molecule has 2 unspecified atom stereocenters. The molecule has 41 heavy (non-hydrogen) atoms. The minimum absolute atomic E-state index is 0.320. The van der Waals surface area contributed by atoms with Crippen molar-refractivity contribution in [3.63, 3.8) is 0 Å². The molecule has 0 spiro atoms. The normalized spacial score (nSPS) is 17.6. The highest BCUT2D eigenvalue weighted by Gasteiger charge is 2.29. The first-order valence-electron chi connectivity index (χ1n) is 13.9. The average Bonchev–Trinajstić information content (AvgIpc) is 3.50. The van der Waals surface area contributed by atoms with Crippen molar-refractivity contribution in [2.75, 3.05) is 5.32 Å². The summed E-state index contributed by atoms with van der Waals surface area (Å²) in [4.78, 5) is 16.3. The Hall–Kier alpha value is -4.74. The number of allylic oxidation sites excluding steroid dienone is 3. The second-order valence-corrected chi connectivity index (χ2v) is 11.6. The van der Waals surface area contributed by atoms with Gasteiger partial charge in [-0.1, -0.05) is 127 Å². The van der Waals surface area contributed by atoms with E-state index in [1.807, 2.05) is 72.4 Å². The Morgan fingerprint density at radius 2 is 1.32 bits per heavy atom. The molecule has 1 aromatic heterocycles. The van der Waals surface area contributed by atoms with Gasteiger partial charge in [-0.25, -0.2) is 15.0 Å². The van der Waals surface area contributed by atoms with Crippen LogP contribution >= 0.6 is 11.8 Å². The summed E-state index contributed by atoms with van der Waals surface area (Å²) >= 11 is 1.94. The van der Waals surface area contributed by atoms with Crippen LogP contribution in [0.4, 0.5) is 5.69 Å². The first kappa shape index (κ1) is 24.1. The van der Waals surface area contributed by atoms with Crippen molar-refractivity contribution in [2.45, 2.75) is 16.7 Å². The standard InChI is InChI=1S/C36H26N4S/c1-4-12-23(13-5-1)33-38-34(24-14-6-2-7-15-24)40-35(39-33)29-22-26-20-21-30-32(31(26)28-19-11-10-18-27(28)29)37-36(41-30)25-16-8-3-9-17-25/h1-16,18-22,25,36-37H,17H2. The van der Waals surface area contributed by atoms with Gasteiger partial charge in [-0.3, -0.25) is 0 Å². The summed E-state index contributed by atoms with van der Waals surface area (Å²) in [5, 5.41) is 8.98. The Morgan fingerprint density at radius 1 is 0.659 bits per heavy atom. The van der Waals surface area contributed by atoms with Gasteiger partial charge in [-0.05, 0) is 34.7 Å². The second-order valence-electron chi connectivity index (χ2n) is 10.4. The average molecular weight is 547 g/mol. The van der Waals surface area contributed by atoms with E-state index in [-0.39, 0.29) is 0 Å². The summed E-state index contributed by atoms with van der Waals surface area (Å²) in [5.41, 5.74) is 4.17. The van der Waals surface area contributed by atoms with Crippen LogP contribution in [0, 0.1) is 5.92 Å². The van der Waals surface area contributed by atoms with Gasteiger partial charge in [0.1, 0.15) is 0 Å². The Labute approximate surface area is 242 Å². The summed E-state index contributed by atoms with van der Waals surface area (Å²) in [6.45, 7) is 0. The lowest BCUT2D eigenvalue weighted by atomic mass is 9.95. The smallest absolute Gasteiger partial charge is 0.164 e. The fourth-order valence-electron chi connectivity index (χ4n) is 5.86. The van der Waals surface area contributed by atoms with Gasteiger partial charge >= 0.3 is 0 Å². The number of nitrogens with zero attached hydrogens (tertiary/aromatic N) is 3. The van der Waals surface area contributed by atoms with Crippen LogP contribution in [0.25, 0.3) is 55.7 Å². The fraction of sp³-hybridized carbons (Fsp3) is 0.0833. The monoisotopic (exact) mass is 546 g/mol. The minimum atomic E-state index is 0.320. The van der Waals surface area contributed by atoms with Crippen molar-refractivity contribution in [1.82, 2.24) is 15.0 Å². The zero-order valence-electron chi connectivity index (χ0n) is 22.2. The van der Waals surface area contributed by atoms with E-state index in [1.165, 1.54) is 26.7 Å². The van der Waals surface area contributed by atoms with Gasteiger partial charge < -0.3 is 5.32 Å². The number of fused-ring (bicyclic) bond motifs is 5. The first-order chi connectivity index (χ1) is 20.3. The molecule has 2 atom stereocenters. The first-order valence-corrected chi connectivity index (χ1v) is 14.8. The maximum atomic E-state index is 5.05. The molecule has 0 saturated heterocycles. The molecule has 8 rings (SSSR count). The van der Waals surface area contributed by atoms with E-state index in [0.29, 0.717) is 28.8 Å². The van der Waals surface area contributed by atoms with Crippen LogP contribution < -0.4 is 5.32 Å². The maximum absolute atomic E-state index is 5.05. The van der Waals surface area contributed by atoms with Crippen LogP contribution in [-0.4, -0.2) is 20.3 Å². The van der Waals surface area contributed by atoms with Gasteiger partial charge in [-0.15, -0.1) is 0 Å². The van der Waals surface area contributed by atoms with Gasteiger partial charge in [-0.2, -0.15) is 0 Å². The van der Waals surface area contributed by atoms with Gasteiger partial charge in [0, 0.05) is 32.9 Å². The highest BCUT2D eigenvalue weighted by molar-refractivity contribution is 8.00. The van der Waals surface area contributed by atoms with Crippen LogP contribution in [0.2, 0.25) is 0 Å². The molecule has 5 aromatic carbocycles. The quantitative estimate of drug-likeness (QED) is 0.223. The molecule has 0 saturated carbocycles. The van der Waals surface area contributed by atoms with Crippen molar-refractivity contribution >= 4 is 39.0 Å². The molecular weight excluding hydrogens is 520 g/mol. The van der Waals surface area contributed by atoms with Gasteiger partial charge in [0.15, 0.2) is 17.5 Å². The van der Waals surface area contributed by atoms with Gasteiger partial charge in [0.2, 0.25) is 0 Å². The topological polar surface area (TPSA) is 50.7 Å². The molecule has 1 aliphatic carbocycles. The summed E-state index contributed by atoms with van der Waals surface area (Å²) in [5.74, 6) is 2.48. The number of nitrogens with one attached hydrogen (secondary N) is 1. The van der Waals surface area contributed by atoms with Crippen molar-refractivity contribution in [1.29, 1.82) is 0 Å². The molecular formula is C36H26N4S. The second kappa shape index (κ2) is 10.0. The molecule has 0 radical (unpaired) electrons. The molecule has 0 bridgehead atoms. The molecule has 4 nitrogen and oxygen atoms in total. The summed E-state index contributed by atoms with van der Waals surface area (Å²) in [6.07, 6.45) is 9.95. The largest absolute Gasteiger partial charge is 0.371 e. The lowest BCUT2D eigenvalue weighted by Gasteiger charge is -2.20. The number of hydrogen-bond acceptors (Lipinski definition) is 5. The summed E-state index contributed by atoms with van der Waals surface area (Å²) in [7, 11) is 0. The predicted molar refractivity (Wildman–Crippen MR) is 171 cm³/mol. The molecule has 2 aliphatic rings. The lowest BCUT2D eigenvalue weighted by molar-refractivity contribution is 0.662. The van der Waals surface area contributed by atoms with Crippen LogP contribution in [0.1, 0.15) is 6.42 Å². The van der Waals surface area contributed by atoms with Crippen molar-refractivity contribution < 1.29 is 0 Å². The molecule has 2 heterocycles. The van der Waals surface area contributed by atoms with E-state index >= 15 is 0 Å². The third kappa shape index (κ3) is 4.30. The molecule has 0 amide bonds. The van der Waals surface area contributed by atoms with E-state index in [1.54, 1.807) is 0 Å². The Balaban J connectivity index is 1.33. The highest BCUT2D eigenvalue weighted by Crippen LogP contribution is 2.49. The fourth-order valence-corrected chi connectivity index (χ4v) is 7.11. The predicted octanol–water partition coefficient (Wildman–Crippen LogP) is 9.15. The third-order valence-electron chi connectivity index (χ3n) is 7.87. The van der Waals surface area contributed by atoms with Gasteiger partial charge in [0.25, 0.3) is 0 Å². The van der Waals surface area contributed by atoms with E-state index in [0.717, 1.165) is 28.5 Å². The van der Waals surface area contributed by atoms with Crippen LogP contribution in [-0.2, 0) is 0 Å². The zero-order chi connectivity index (χ0) is 27.2. The maximum Gasteiger partial charge on any atom is 0.164 e. The number of anilines is 1. The molecule has 6 aromatic rings. The third-order valence-corrected chi connectivity index (χ3v) is 9.18. The highest BCUT2D eigenvalue weighted by atomic mass is 32.2. The Morgan fingerprint density at radius 3 is 2.00 bits per heavy atom. The van der Waals surface area contributed by atoms with Crippen LogP contribution in [0.15, 0.2) is 132 Å². The van der Waals surface area contributed by atoms with Crippen LogP contribution in [0.5, 0.6) is 0 Å².